The first-order valence-electron chi connectivity index (χ1n) is 13.4. The molecule has 0 fully saturated rings. The molecule has 0 aliphatic carbocycles. The summed E-state index contributed by atoms with van der Waals surface area (Å²) >= 11 is 0. The quantitative estimate of drug-likeness (QED) is 0.159. The smallest absolute Gasteiger partial charge is 0.164 e. The average Bonchev–Trinajstić information content (AvgIpc) is 3.64. The van der Waals surface area contributed by atoms with Gasteiger partial charge in [-0.3, -0.25) is 0 Å². The number of nitrogens with one attached hydrogen (secondary N) is 2. The highest BCUT2D eigenvalue weighted by molar-refractivity contribution is 6.23. The fourth-order valence-electron chi connectivity index (χ4n) is 5.30. The van der Waals surface area contributed by atoms with E-state index in [0.717, 1.165) is 44.3 Å². The van der Waals surface area contributed by atoms with E-state index in [2.05, 4.69) is 28.5 Å². The lowest BCUT2D eigenvalue weighted by molar-refractivity contribution is 1.29. The van der Waals surface area contributed by atoms with Gasteiger partial charge in [-0.05, 0) is 0 Å². The second kappa shape index (κ2) is 9.87. The molecule has 2 aliphatic heterocycles. The average molecular weight is 547 g/mol. The molecule has 0 atom stereocenters. The second-order valence-electron chi connectivity index (χ2n) is 9.94. The van der Waals surface area contributed by atoms with Crippen LogP contribution in [0.25, 0.3) is 22.2 Å². The normalized spacial score (nSPS) is 16.0. The van der Waals surface area contributed by atoms with E-state index in [9.17, 15) is 0 Å². The van der Waals surface area contributed by atoms with Crippen molar-refractivity contribution in [1.29, 1.82) is 0 Å². The Morgan fingerprint density at radius 3 is 2.07 bits per heavy atom. The van der Waals surface area contributed by atoms with Crippen molar-refractivity contribution in [2.45, 2.75) is 0 Å². The summed E-state index contributed by atoms with van der Waals surface area (Å²) in [6.45, 7) is 8.36. The minimum atomic E-state index is 0.316. The van der Waals surface area contributed by atoms with Gasteiger partial charge in [0.15, 0.2) is 5.84 Å². The highest BCUT2D eigenvalue weighted by atomic mass is 15.1. The zero-order valence-corrected chi connectivity index (χ0v) is 22.6. The minimum absolute atomic E-state index is 0.316. The third-order valence-electron chi connectivity index (χ3n) is 7.33. The molecule has 0 unspecified atom stereocenters. The number of H-pyrrole nitrogens is 1. The second-order valence-corrected chi connectivity index (χ2v) is 9.94. The molecule has 7 rings (SSSR count). The summed E-state index contributed by atoms with van der Waals surface area (Å²) in [6, 6.07) is 31.3. The molecule has 2 aliphatic rings. The Kier molecular flexibility index (Phi) is 5.87. The van der Waals surface area contributed by atoms with Crippen LogP contribution in [0.15, 0.2) is 130 Å². The molecule has 3 heterocycles. The number of aromatic amines is 1. The Balaban J connectivity index is 1.27. The Labute approximate surface area is 242 Å². The van der Waals surface area contributed by atoms with Crippen LogP contribution in [0.4, 0.5) is 11.6 Å². The fraction of sp³-hybridized carbons (Fsp3) is 0. The topological polar surface area (TPSA) is 129 Å². The predicted molar refractivity (Wildman–Crippen MR) is 173 cm³/mol. The monoisotopic (exact) mass is 546 g/mol. The van der Waals surface area contributed by atoms with Crippen LogP contribution in [0.1, 0.15) is 33.4 Å². The number of fused-ring (bicyclic) bond motifs is 3. The van der Waals surface area contributed by atoms with Crippen LogP contribution in [0.2, 0.25) is 0 Å². The van der Waals surface area contributed by atoms with Gasteiger partial charge in [-0.25, -0.2) is 20.0 Å². The number of nitrogens with zero attached hydrogens (tertiary/aromatic N) is 4. The van der Waals surface area contributed by atoms with Crippen molar-refractivity contribution >= 4 is 57.1 Å². The van der Waals surface area contributed by atoms with Gasteiger partial charge in [0, 0.05) is 49.9 Å². The van der Waals surface area contributed by atoms with Crippen molar-refractivity contribution in [3.8, 4) is 0 Å². The van der Waals surface area contributed by atoms with Crippen LogP contribution in [0.3, 0.4) is 0 Å². The molecule has 0 saturated heterocycles. The number of hydrogen-bond acceptors (Lipinski definition) is 4. The number of aliphatic imine (C=N–C) groups is 4. The number of aromatic nitrogens is 1. The van der Waals surface area contributed by atoms with Crippen molar-refractivity contribution in [2.24, 2.45) is 31.4 Å². The number of hydrogen-bond donors (Lipinski definition) is 4. The summed E-state index contributed by atoms with van der Waals surface area (Å²) < 4.78 is 0. The summed E-state index contributed by atoms with van der Waals surface area (Å²) in [6.07, 6.45) is 0. The van der Waals surface area contributed by atoms with E-state index in [1.807, 2.05) is 97.1 Å². The van der Waals surface area contributed by atoms with Gasteiger partial charge in [-0.2, -0.15) is 0 Å². The molecule has 4 aromatic carbocycles. The SMILES string of the molecule is C=C(/N=C1\NC(=C)c2ccccc21)c1ccccc1/C(N)=N/c1[nH]c(/N=C2\N=C(N)c3ccccc32)c2ccccc12. The Hall–Kier alpha value is -6.02. The van der Waals surface area contributed by atoms with E-state index in [4.69, 9.17) is 26.4 Å². The summed E-state index contributed by atoms with van der Waals surface area (Å²) in [5.41, 5.74) is 19.4. The molecular weight excluding hydrogens is 520 g/mol. The van der Waals surface area contributed by atoms with Gasteiger partial charge in [-0.1, -0.05) is 110 Å². The number of benzene rings is 4. The molecule has 6 N–H and O–H groups in total. The van der Waals surface area contributed by atoms with Crippen LogP contribution >= 0.6 is 0 Å². The summed E-state index contributed by atoms with van der Waals surface area (Å²) in [7, 11) is 0. The van der Waals surface area contributed by atoms with Crippen LogP contribution in [0, 0.1) is 0 Å². The van der Waals surface area contributed by atoms with Gasteiger partial charge in [-0.15, -0.1) is 0 Å². The lowest BCUT2D eigenvalue weighted by atomic mass is 10.0. The first kappa shape index (κ1) is 25.0. The Morgan fingerprint density at radius 1 is 0.714 bits per heavy atom. The Morgan fingerprint density at radius 2 is 1.31 bits per heavy atom. The molecule has 1 aromatic heterocycles. The molecule has 42 heavy (non-hydrogen) atoms. The van der Waals surface area contributed by atoms with Gasteiger partial charge < -0.3 is 21.8 Å². The maximum atomic E-state index is 6.65. The molecule has 0 bridgehead atoms. The maximum Gasteiger partial charge on any atom is 0.164 e. The van der Waals surface area contributed by atoms with Gasteiger partial charge in [0.2, 0.25) is 0 Å². The molecular formula is C34H26N8. The summed E-state index contributed by atoms with van der Waals surface area (Å²) in [5, 5.41) is 5.04. The molecule has 0 amide bonds. The van der Waals surface area contributed by atoms with Crippen LogP contribution in [0.5, 0.6) is 0 Å². The highest BCUT2D eigenvalue weighted by Crippen LogP contribution is 2.35. The van der Waals surface area contributed by atoms with Crippen molar-refractivity contribution < 1.29 is 0 Å². The van der Waals surface area contributed by atoms with E-state index in [-0.39, 0.29) is 0 Å². The third kappa shape index (κ3) is 4.18. The van der Waals surface area contributed by atoms with Crippen LogP contribution < -0.4 is 16.8 Å². The number of amidine groups is 4. The van der Waals surface area contributed by atoms with E-state index < -0.39 is 0 Å². The zero-order valence-electron chi connectivity index (χ0n) is 22.6. The summed E-state index contributed by atoms with van der Waals surface area (Å²) in [4.78, 5) is 22.3. The van der Waals surface area contributed by atoms with E-state index in [1.54, 1.807) is 0 Å². The van der Waals surface area contributed by atoms with Crippen molar-refractivity contribution in [3.05, 3.63) is 144 Å². The molecule has 0 radical (unpaired) electrons. The van der Waals surface area contributed by atoms with Gasteiger partial charge in [0.1, 0.15) is 29.1 Å². The molecule has 5 aromatic rings. The number of nitrogens with two attached hydrogens (primary N) is 2. The molecule has 0 saturated carbocycles. The van der Waals surface area contributed by atoms with Crippen LogP contribution in [-0.2, 0) is 0 Å². The van der Waals surface area contributed by atoms with Gasteiger partial charge in [0.05, 0.1) is 5.70 Å². The van der Waals surface area contributed by atoms with Gasteiger partial charge >= 0.3 is 0 Å². The van der Waals surface area contributed by atoms with Crippen molar-refractivity contribution in [3.63, 3.8) is 0 Å². The minimum Gasteiger partial charge on any atom is -0.383 e. The van der Waals surface area contributed by atoms with E-state index in [1.165, 1.54) is 0 Å². The molecule has 0 spiro atoms. The zero-order chi connectivity index (χ0) is 28.8. The Bertz CT molecular complexity index is 2070. The third-order valence-corrected chi connectivity index (χ3v) is 7.33. The molecule has 8 nitrogen and oxygen atoms in total. The van der Waals surface area contributed by atoms with Gasteiger partial charge in [0.25, 0.3) is 0 Å². The largest absolute Gasteiger partial charge is 0.383 e. The summed E-state index contributed by atoms with van der Waals surface area (Å²) in [5.74, 6) is 3.21. The van der Waals surface area contributed by atoms with E-state index >= 15 is 0 Å². The lowest BCUT2D eigenvalue weighted by Crippen LogP contribution is -2.16. The van der Waals surface area contributed by atoms with Crippen molar-refractivity contribution in [1.82, 2.24) is 10.3 Å². The molecule has 202 valence electrons. The van der Waals surface area contributed by atoms with Crippen LogP contribution in [-0.4, -0.2) is 28.3 Å². The standard InChI is InChI=1S/C34H26N8/c1-19(37-31-25-15-7-4-12-22(25)20(2)38-31)21-11-3-5-13-23(21)29(35)39-33-27-17-9-10-18-28(27)34(42-33)41-32-26-16-8-6-14-24(26)30(36)40-32/h3-18,42H,1-2H2,(H2,35,39)(H,37,38)(H2,36,40,41). The maximum absolute atomic E-state index is 6.65. The lowest BCUT2D eigenvalue weighted by Gasteiger charge is -2.10. The fourth-order valence-corrected chi connectivity index (χ4v) is 5.30. The first-order valence-corrected chi connectivity index (χ1v) is 13.4. The first-order chi connectivity index (χ1) is 20.5. The predicted octanol–water partition coefficient (Wildman–Crippen LogP) is 5.99. The number of rotatable bonds is 5. The molecule has 8 heteroatoms. The highest BCUT2D eigenvalue weighted by Gasteiger charge is 2.22. The van der Waals surface area contributed by atoms with E-state index in [0.29, 0.717) is 46.2 Å². The van der Waals surface area contributed by atoms with Crippen molar-refractivity contribution in [2.75, 3.05) is 0 Å².